The fraction of sp³-hybridized carbons (Fsp3) is 0.409. The number of carbonyl (C=O) groups is 1. The van der Waals surface area contributed by atoms with Crippen LogP contribution in [0.4, 0.5) is 0 Å². The predicted octanol–water partition coefficient (Wildman–Crippen LogP) is 3.01. The average molecular weight is 377 g/mol. The van der Waals surface area contributed by atoms with Gasteiger partial charge in [0.05, 0.1) is 5.52 Å². The van der Waals surface area contributed by atoms with Crippen LogP contribution in [0.3, 0.4) is 0 Å². The zero-order valence-corrected chi connectivity index (χ0v) is 16.6. The topological polar surface area (TPSA) is 54.3 Å². The number of benzene rings is 1. The Kier molecular flexibility index (Phi) is 5.39. The van der Waals surface area contributed by atoms with Gasteiger partial charge in [-0.05, 0) is 51.2 Å². The number of rotatable bonds is 5. The zero-order chi connectivity index (χ0) is 19.5. The smallest absolute Gasteiger partial charge is 0.253 e. The lowest BCUT2D eigenvalue weighted by Gasteiger charge is -2.33. The molecule has 0 N–H and O–H groups in total. The summed E-state index contributed by atoms with van der Waals surface area (Å²) in [6, 6.07) is 9.67. The number of pyridine rings is 1. The zero-order valence-electron chi connectivity index (χ0n) is 16.6. The van der Waals surface area contributed by atoms with Gasteiger partial charge in [-0.1, -0.05) is 6.07 Å². The number of amides is 1. The molecular formula is C22H27N5O. The minimum Gasteiger partial charge on any atom is -0.338 e. The second-order valence-corrected chi connectivity index (χ2v) is 7.78. The Labute approximate surface area is 165 Å². The summed E-state index contributed by atoms with van der Waals surface area (Å²) >= 11 is 0. The van der Waals surface area contributed by atoms with Crippen LogP contribution in [0.1, 0.15) is 34.9 Å². The Bertz CT molecular complexity index is 964. The molecule has 0 saturated carbocycles. The first-order valence-electron chi connectivity index (χ1n) is 9.91. The quantitative estimate of drug-likeness (QED) is 0.686. The van der Waals surface area contributed by atoms with Crippen molar-refractivity contribution < 1.29 is 4.79 Å². The SMILES string of the molecule is CN(C)CCn1ccnc1[C@@H]1CCCN(C(=O)c2ccc3ncccc3c2)C1. The summed E-state index contributed by atoms with van der Waals surface area (Å²) in [7, 11) is 4.16. The average Bonchev–Trinajstić information content (AvgIpc) is 3.20. The molecule has 146 valence electrons. The molecule has 1 aliphatic heterocycles. The van der Waals surface area contributed by atoms with Crippen molar-refractivity contribution in [1.29, 1.82) is 0 Å². The molecule has 0 radical (unpaired) electrons. The van der Waals surface area contributed by atoms with Gasteiger partial charge in [0.2, 0.25) is 0 Å². The minimum atomic E-state index is 0.0989. The second-order valence-electron chi connectivity index (χ2n) is 7.78. The molecule has 0 aliphatic carbocycles. The van der Waals surface area contributed by atoms with Crippen LogP contribution in [0.5, 0.6) is 0 Å². The van der Waals surface area contributed by atoms with Gasteiger partial charge in [-0.3, -0.25) is 9.78 Å². The third kappa shape index (κ3) is 3.92. The number of imidazole rings is 1. The van der Waals surface area contributed by atoms with Crippen molar-refractivity contribution in [3.8, 4) is 0 Å². The van der Waals surface area contributed by atoms with Crippen molar-refractivity contribution in [2.75, 3.05) is 33.7 Å². The lowest BCUT2D eigenvalue weighted by atomic mass is 9.96. The van der Waals surface area contributed by atoms with Crippen LogP contribution in [0.2, 0.25) is 0 Å². The number of likely N-dealkylation sites (N-methyl/N-ethyl adjacent to an activating group) is 1. The highest BCUT2D eigenvalue weighted by Gasteiger charge is 2.28. The molecule has 1 fully saturated rings. The summed E-state index contributed by atoms with van der Waals surface area (Å²) in [6.07, 6.45) is 7.78. The van der Waals surface area contributed by atoms with E-state index in [-0.39, 0.29) is 11.8 Å². The lowest BCUT2D eigenvalue weighted by molar-refractivity contribution is 0.0703. The van der Waals surface area contributed by atoms with Crippen molar-refractivity contribution >= 4 is 16.8 Å². The molecule has 1 aliphatic rings. The van der Waals surface area contributed by atoms with Gasteiger partial charge in [-0.25, -0.2) is 4.98 Å². The Balaban J connectivity index is 1.50. The van der Waals surface area contributed by atoms with Crippen molar-refractivity contribution in [3.63, 3.8) is 0 Å². The molecule has 4 rings (SSSR count). The number of aromatic nitrogens is 3. The Morgan fingerprint density at radius 3 is 2.96 bits per heavy atom. The molecule has 6 heteroatoms. The minimum absolute atomic E-state index is 0.0989. The highest BCUT2D eigenvalue weighted by atomic mass is 16.2. The number of hydrogen-bond acceptors (Lipinski definition) is 4. The summed E-state index contributed by atoms with van der Waals surface area (Å²) in [4.78, 5) is 26.3. The van der Waals surface area contributed by atoms with Crippen LogP contribution in [0.15, 0.2) is 48.9 Å². The molecule has 0 unspecified atom stereocenters. The highest BCUT2D eigenvalue weighted by molar-refractivity contribution is 5.98. The number of likely N-dealkylation sites (tertiary alicyclic amines) is 1. The normalized spacial score (nSPS) is 17.4. The van der Waals surface area contributed by atoms with E-state index >= 15 is 0 Å². The first kappa shape index (κ1) is 18.6. The van der Waals surface area contributed by atoms with Gasteiger partial charge in [0, 0.05) is 61.6 Å². The van der Waals surface area contributed by atoms with E-state index in [0.29, 0.717) is 0 Å². The van der Waals surface area contributed by atoms with Crippen LogP contribution < -0.4 is 0 Å². The number of piperidine rings is 1. The summed E-state index contributed by atoms with van der Waals surface area (Å²) in [6.45, 7) is 3.43. The molecule has 0 bridgehead atoms. The van der Waals surface area contributed by atoms with Crippen molar-refractivity contribution in [2.24, 2.45) is 0 Å². The van der Waals surface area contributed by atoms with E-state index < -0.39 is 0 Å². The van der Waals surface area contributed by atoms with E-state index in [0.717, 1.165) is 61.3 Å². The van der Waals surface area contributed by atoms with Crippen LogP contribution in [0.25, 0.3) is 10.9 Å². The molecule has 1 aromatic carbocycles. The van der Waals surface area contributed by atoms with E-state index in [2.05, 4.69) is 39.7 Å². The predicted molar refractivity (Wildman–Crippen MR) is 110 cm³/mol. The fourth-order valence-corrected chi connectivity index (χ4v) is 3.94. The molecule has 1 amide bonds. The standard InChI is InChI=1S/C22H27N5O/c1-25(2)13-14-26-12-10-24-21(26)19-6-4-11-27(16-19)22(28)18-7-8-20-17(15-18)5-3-9-23-20/h3,5,7-10,12,15,19H,4,6,11,13-14,16H2,1-2H3/t19-/m1/s1. The summed E-state index contributed by atoms with van der Waals surface area (Å²) < 4.78 is 2.24. The van der Waals surface area contributed by atoms with Gasteiger partial charge in [0.15, 0.2) is 0 Å². The largest absolute Gasteiger partial charge is 0.338 e. The van der Waals surface area contributed by atoms with Gasteiger partial charge in [0.25, 0.3) is 5.91 Å². The molecule has 1 saturated heterocycles. The van der Waals surface area contributed by atoms with Gasteiger partial charge in [-0.2, -0.15) is 0 Å². The maximum atomic E-state index is 13.1. The Hall–Kier alpha value is -2.73. The molecule has 3 aromatic rings. The third-order valence-electron chi connectivity index (χ3n) is 5.46. The number of nitrogens with zero attached hydrogens (tertiary/aromatic N) is 5. The van der Waals surface area contributed by atoms with Gasteiger partial charge >= 0.3 is 0 Å². The molecule has 6 nitrogen and oxygen atoms in total. The van der Waals surface area contributed by atoms with Crippen LogP contribution in [-0.2, 0) is 6.54 Å². The maximum absolute atomic E-state index is 13.1. The summed E-state index contributed by atoms with van der Waals surface area (Å²) in [5.74, 6) is 1.49. The molecule has 28 heavy (non-hydrogen) atoms. The first-order chi connectivity index (χ1) is 13.6. The fourth-order valence-electron chi connectivity index (χ4n) is 3.94. The first-order valence-corrected chi connectivity index (χ1v) is 9.91. The van der Waals surface area contributed by atoms with Crippen molar-refractivity contribution in [3.05, 3.63) is 60.3 Å². The van der Waals surface area contributed by atoms with Crippen LogP contribution >= 0.6 is 0 Å². The van der Waals surface area contributed by atoms with Gasteiger partial charge in [-0.15, -0.1) is 0 Å². The molecule has 1 atom stereocenters. The van der Waals surface area contributed by atoms with Crippen LogP contribution in [-0.4, -0.2) is 64.0 Å². The number of hydrogen-bond donors (Lipinski definition) is 0. The second kappa shape index (κ2) is 8.10. The summed E-state index contributed by atoms with van der Waals surface area (Å²) in [5.41, 5.74) is 1.65. The Morgan fingerprint density at radius 2 is 2.11 bits per heavy atom. The monoisotopic (exact) mass is 377 g/mol. The molecular weight excluding hydrogens is 350 g/mol. The molecule has 0 spiro atoms. The Morgan fingerprint density at radius 1 is 1.21 bits per heavy atom. The summed E-state index contributed by atoms with van der Waals surface area (Å²) in [5, 5.41) is 1.00. The maximum Gasteiger partial charge on any atom is 0.253 e. The number of carbonyl (C=O) groups excluding carboxylic acids is 1. The van der Waals surface area contributed by atoms with Crippen LogP contribution in [0, 0.1) is 0 Å². The van der Waals surface area contributed by atoms with Crippen molar-refractivity contribution in [1.82, 2.24) is 24.3 Å². The molecule has 2 aromatic heterocycles. The van der Waals surface area contributed by atoms with E-state index in [1.807, 2.05) is 41.4 Å². The van der Waals surface area contributed by atoms with E-state index in [1.165, 1.54) is 0 Å². The lowest BCUT2D eigenvalue weighted by Crippen LogP contribution is -2.39. The molecule has 3 heterocycles. The van der Waals surface area contributed by atoms with E-state index in [4.69, 9.17) is 0 Å². The third-order valence-corrected chi connectivity index (χ3v) is 5.46. The van der Waals surface area contributed by atoms with Crippen molar-refractivity contribution in [2.45, 2.75) is 25.3 Å². The van der Waals surface area contributed by atoms with Gasteiger partial charge in [0.1, 0.15) is 5.82 Å². The van der Waals surface area contributed by atoms with E-state index in [1.54, 1.807) is 6.20 Å². The van der Waals surface area contributed by atoms with Gasteiger partial charge < -0.3 is 14.4 Å². The highest BCUT2D eigenvalue weighted by Crippen LogP contribution is 2.27. The van der Waals surface area contributed by atoms with E-state index in [9.17, 15) is 4.79 Å². The number of fused-ring (bicyclic) bond motifs is 1.